The van der Waals surface area contributed by atoms with Gasteiger partial charge in [0, 0.05) is 6.20 Å². The number of para-hydroxylation sites is 2. The number of benzene rings is 6. The number of fused-ring (bicyclic) bond motifs is 2. The van der Waals surface area contributed by atoms with Gasteiger partial charge in [0.05, 0.1) is 0 Å². The number of aryl methyl sites for hydroxylation is 1. The van der Waals surface area contributed by atoms with Crippen LogP contribution in [-0.2, 0) is 42.0 Å². The third kappa shape index (κ3) is 8.61. The van der Waals surface area contributed by atoms with Crippen LogP contribution in [0.2, 0.25) is 0 Å². The number of rotatable bonds is 7. The summed E-state index contributed by atoms with van der Waals surface area (Å²) in [5.74, 6) is 2.22. The molecule has 334 valence electrons. The quantitative estimate of drug-likeness (QED) is 0.149. The molecule has 0 amide bonds. The molecule has 6 heteroatoms. The van der Waals surface area contributed by atoms with Crippen molar-refractivity contribution in [3.05, 3.63) is 178 Å². The molecule has 65 heavy (non-hydrogen) atoms. The van der Waals surface area contributed by atoms with Crippen molar-refractivity contribution in [2.24, 2.45) is 0 Å². The average Bonchev–Trinajstić information content (AvgIpc) is 3.56. The summed E-state index contributed by atoms with van der Waals surface area (Å²) >= 11 is 2.53. The molecule has 0 radical (unpaired) electrons. The first-order valence-corrected chi connectivity index (χ1v) is 24.0. The molecule has 9 rings (SSSR count). The molecule has 5 nitrogen and oxygen atoms in total. The maximum absolute atomic E-state index is 6.93. The van der Waals surface area contributed by atoms with E-state index in [0.717, 1.165) is 56.1 Å². The Morgan fingerprint density at radius 1 is 0.585 bits per heavy atom. The van der Waals surface area contributed by atoms with Gasteiger partial charge < -0.3 is 0 Å². The van der Waals surface area contributed by atoms with Crippen LogP contribution in [-0.4, -0.2) is 19.7 Å². The number of pyridine rings is 1. The second kappa shape index (κ2) is 16.6. The molecule has 0 saturated carbocycles. The molecule has 0 bridgehead atoms. The van der Waals surface area contributed by atoms with Crippen molar-refractivity contribution in [1.29, 1.82) is 0 Å². The minimum absolute atomic E-state index is 0.00579. The summed E-state index contributed by atoms with van der Waals surface area (Å²) in [5, 5.41) is 0. The fourth-order valence-corrected chi connectivity index (χ4v) is 10.1. The van der Waals surface area contributed by atoms with E-state index in [2.05, 4.69) is 255 Å². The Bertz CT molecular complexity index is 3060. The van der Waals surface area contributed by atoms with Crippen LogP contribution in [0, 0.1) is 15.9 Å². The van der Waals surface area contributed by atoms with Crippen molar-refractivity contribution in [2.75, 3.05) is 4.90 Å². The zero-order valence-electron chi connectivity index (χ0n) is 39.7. The number of hydrogen-bond donors (Lipinski definition) is 0. The van der Waals surface area contributed by atoms with Crippen LogP contribution in [0.15, 0.2) is 140 Å². The third-order valence-electron chi connectivity index (χ3n) is 12.9. The fraction of sp³-hybridized carbons (Fsp3) is 0.288. The molecule has 8 aromatic rings. The normalized spacial score (nSPS) is 14.1. The van der Waals surface area contributed by atoms with Crippen LogP contribution in [0.4, 0.5) is 11.5 Å². The first-order chi connectivity index (χ1) is 30.8. The van der Waals surface area contributed by atoms with Gasteiger partial charge in [0.15, 0.2) is 0 Å². The number of ether oxygens (including phenoxy) is 1. The third-order valence-corrected chi connectivity index (χ3v) is 13.9. The van der Waals surface area contributed by atoms with Crippen LogP contribution in [0.3, 0.4) is 0 Å². The average molecular weight is 1040 g/mol. The molecule has 0 saturated heterocycles. The molecule has 0 spiro atoms. The predicted molar refractivity (Wildman–Crippen MR) is 266 cm³/mol. The van der Waals surface area contributed by atoms with E-state index in [-0.39, 0.29) is 21.8 Å². The molecule has 0 atom stereocenters. The molecule has 1 aliphatic rings. The maximum atomic E-state index is 6.93. The van der Waals surface area contributed by atoms with Gasteiger partial charge in [0.1, 0.15) is 0 Å². The van der Waals surface area contributed by atoms with E-state index in [1.807, 2.05) is 6.20 Å². The SMILES string of the molecule is CC(C)(C)c1cc(Oc2[c-]c3c(cc2)CCC(C)(C)N3c2cc(C(C)(C)C)ccn2)[c-]c(-n2[c](=[Pt])n(-c3c(-c4ccccc4)cc(C(C)(C)C)cc3-c3ccccc3)c3ccccc32)c1. The molecular weight excluding hydrogens is 976 g/mol. The molecule has 1 aliphatic heterocycles. The van der Waals surface area contributed by atoms with Crippen LogP contribution >= 0.6 is 0 Å². The summed E-state index contributed by atoms with van der Waals surface area (Å²) in [6.07, 6.45) is 3.90. The van der Waals surface area contributed by atoms with Crippen molar-refractivity contribution in [1.82, 2.24) is 14.1 Å². The summed E-state index contributed by atoms with van der Waals surface area (Å²) in [4.78, 5) is 7.30. The molecule has 0 fully saturated rings. The Morgan fingerprint density at radius 3 is 1.72 bits per heavy atom. The van der Waals surface area contributed by atoms with Gasteiger partial charge in [-0.25, -0.2) is 0 Å². The van der Waals surface area contributed by atoms with Crippen molar-refractivity contribution >= 4 is 22.5 Å². The van der Waals surface area contributed by atoms with Gasteiger partial charge in [0.2, 0.25) is 0 Å². The van der Waals surface area contributed by atoms with E-state index in [4.69, 9.17) is 9.72 Å². The van der Waals surface area contributed by atoms with E-state index in [0.29, 0.717) is 11.5 Å². The number of hydrogen-bond acceptors (Lipinski definition) is 3. The van der Waals surface area contributed by atoms with Gasteiger partial charge in [-0.05, 0) is 17.0 Å². The fourth-order valence-electron chi connectivity index (χ4n) is 9.03. The van der Waals surface area contributed by atoms with Gasteiger partial charge in [-0.3, -0.25) is 0 Å². The standard InChI is InChI=1S/C59H60N4O.Pt/c1-56(2,3)43-29-31-60-54(36-43)63-53-38-47(27-26-42(53)28-30-59(63,10)11)64-48-33-44(57(4,5)6)32-46(37-48)61-39-62(52-25-19-18-24-51(52)61)55-49(40-20-14-12-15-21-40)34-45(58(7,8)9)35-50(55)41-22-16-13-17-23-41;/h12-27,29,31-36H,28,30H2,1-11H3;/q-2;. The minimum atomic E-state index is -0.180. The van der Waals surface area contributed by atoms with Gasteiger partial charge in [0.25, 0.3) is 0 Å². The van der Waals surface area contributed by atoms with E-state index in [1.54, 1.807) is 0 Å². The molecule has 0 unspecified atom stereocenters. The van der Waals surface area contributed by atoms with Crippen molar-refractivity contribution < 1.29 is 24.1 Å². The van der Waals surface area contributed by atoms with E-state index < -0.39 is 0 Å². The Kier molecular flexibility index (Phi) is 11.3. The van der Waals surface area contributed by atoms with Gasteiger partial charge in [-0.1, -0.05) is 20.8 Å². The zero-order valence-corrected chi connectivity index (χ0v) is 42.0. The summed E-state index contributed by atoms with van der Waals surface area (Å²) in [5.41, 5.74) is 14.4. The Hall–Kier alpha value is -5.77. The van der Waals surface area contributed by atoms with Crippen molar-refractivity contribution in [3.63, 3.8) is 0 Å². The van der Waals surface area contributed by atoms with Gasteiger partial charge in [-0.15, -0.1) is 0 Å². The van der Waals surface area contributed by atoms with E-state index in [1.165, 1.54) is 38.9 Å². The van der Waals surface area contributed by atoms with Crippen LogP contribution < -0.4 is 9.64 Å². The summed E-state index contributed by atoms with van der Waals surface area (Å²) in [7, 11) is 0. The topological polar surface area (TPSA) is 35.2 Å². The molecule has 2 aromatic heterocycles. The molecule has 3 heterocycles. The van der Waals surface area contributed by atoms with Crippen molar-refractivity contribution in [3.8, 4) is 45.1 Å². The Labute approximate surface area is 397 Å². The number of aromatic nitrogens is 3. The second-order valence-corrected chi connectivity index (χ2v) is 22.3. The van der Waals surface area contributed by atoms with Crippen molar-refractivity contribution in [2.45, 2.75) is 111 Å². The molecule has 6 aromatic carbocycles. The first kappa shape index (κ1) is 44.4. The number of anilines is 2. The van der Waals surface area contributed by atoms with Crippen LogP contribution in [0.5, 0.6) is 11.5 Å². The van der Waals surface area contributed by atoms with Crippen LogP contribution in [0.1, 0.15) is 105 Å². The summed E-state index contributed by atoms with van der Waals surface area (Å²) in [6.45, 7) is 25.0. The molecular formula is C59H60N4OPt-2. The van der Waals surface area contributed by atoms with E-state index in [9.17, 15) is 0 Å². The predicted octanol–water partition coefficient (Wildman–Crippen LogP) is 15.4. The summed E-state index contributed by atoms with van der Waals surface area (Å²) < 4.78 is 12.8. The van der Waals surface area contributed by atoms with Crippen LogP contribution in [0.25, 0.3) is 44.7 Å². The number of nitrogens with zero attached hydrogens (tertiary/aromatic N) is 4. The first-order valence-electron chi connectivity index (χ1n) is 22.8. The number of imidazole rings is 1. The summed E-state index contributed by atoms with van der Waals surface area (Å²) in [6, 6.07) is 55.8. The monoisotopic (exact) mass is 1040 g/mol. The molecule has 0 N–H and O–H groups in total. The molecule has 0 aliphatic carbocycles. The Morgan fingerprint density at radius 2 is 1.14 bits per heavy atom. The van der Waals surface area contributed by atoms with E-state index >= 15 is 0 Å². The zero-order chi connectivity index (χ0) is 46.1. The van der Waals surface area contributed by atoms with Gasteiger partial charge >= 0.3 is 355 Å². The Balaban J connectivity index is 1.23. The second-order valence-electron chi connectivity index (χ2n) is 21.3. The van der Waals surface area contributed by atoms with Gasteiger partial charge in [-0.2, -0.15) is 0 Å².